The molecular weight excluding hydrogens is 300 g/mol. The number of nitrogens with one attached hydrogen (secondary N) is 2. The number of carbonyl (C=O) groups is 3. The van der Waals surface area contributed by atoms with Crippen LogP contribution in [0.1, 0.15) is 18.4 Å². The average Bonchev–Trinajstić information content (AvgIpc) is 2.49. The Morgan fingerprint density at radius 2 is 1.78 bits per heavy atom. The van der Waals surface area contributed by atoms with Crippen LogP contribution in [0.25, 0.3) is 0 Å². The minimum Gasteiger partial charge on any atom is -0.497 e. The molecule has 0 aromatic heterocycles. The minimum atomic E-state index is -0.958. The maximum atomic E-state index is 11.8. The summed E-state index contributed by atoms with van der Waals surface area (Å²) in [5.41, 5.74) is 0.912. The predicted octanol–water partition coefficient (Wildman–Crippen LogP) is 0.538. The lowest BCUT2D eigenvalue weighted by molar-refractivity contribution is -0.152. The van der Waals surface area contributed by atoms with Crippen LogP contribution < -0.4 is 15.4 Å². The van der Waals surface area contributed by atoms with Gasteiger partial charge in [0, 0.05) is 6.54 Å². The van der Waals surface area contributed by atoms with Crippen LogP contribution in [0.4, 0.5) is 0 Å². The van der Waals surface area contributed by atoms with Crippen molar-refractivity contribution in [2.24, 2.45) is 11.8 Å². The second kappa shape index (κ2) is 7.62. The number of carbonyl (C=O) groups excluding carboxylic acids is 2. The summed E-state index contributed by atoms with van der Waals surface area (Å²) in [4.78, 5) is 34.4. The van der Waals surface area contributed by atoms with E-state index >= 15 is 0 Å². The highest BCUT2D eigenvalue weighted by Crippen LogP contribution is 2.34. The van der Waals surface area contributed by atoms with Crippen molar-refractivity contribution in [2.45, 2.75) is 19.4 Å². The molecule has 2 atom stereocenters. The van der Waals surface area contributed by atoms with Crippen LogP contribution in [-0.2, 0) is 20.9 Å². The largest absolute Gasteiger partial charge is 0.497 e. The van der Waals surface area contributed by atoms with E-state index in [0.717, 1.165) is 11.3 Å². The van der Waals surface area contributed by atoms with Gasteiger partial charge in [-0.2, -0.15) is 0 Å². The highest BCUT2D eigenvalue weighted by molar-refractivity contribution is 5.89. The van der Waals surface area contributed by atoms with Gasteiger partial charge in [-0.05, 0) is 30.5 Å². The molecule has 124 valence electrons. The van der Waals surface area contributed by atoms with Crippen molar-refractivity contribution in [2.75, 3.05) is 13.7 Å². The fraction of sp³-hybridized carbons (Fsp3) is 0.438. The van der Waals surface area contributed by atoms with Gasteiger partial charge in [0.05, 0.1) is 25.5 Å². The first-order valence-corrected chi connectivity index (χ1v) is 7.41. The standard InChI is InChI=1S/C16H20N2O5/c1-23-11-4-2-10(3-5-11)8-17-14(19)9-18-15(20)12-6-7-13(12)16(21)22/h2-5,12-13H,6-9H2,1H3,(H,17,19)(H,18,20)(H,21,22). The van der Waals surface area contributed by atoms with E-state index in [-0.39, 0.29) is 18.4 Å². The first-order chi connectivity index (χ1) is 11.0. The van der Waals surface area contributed by atoms with Gasteiger partial charge < -0.3 is 20.5 Å². The number of methoxy groups -OCH3 is 1. The zero-order valence-corrected chi connectivity index (χ0v) is 12.9. The van der Waals surface area contributed by atoms with Crippen molar-refractivity contribution in [3.63, 3.8) is 0 Å². The van der Waals surface area contributed by atoms with E-state index in [0.29, 0.717) is 19.4 Å². The fourth-order valence-corrected chi connectivity index (χ4v) is 2.41. The molecule has 0 bridgehead atoms. The molecule has 0 radical (unpaired) electrons. The van der Waals surface area contributed by atoms with Gasteiger partial charge in [-0.15, -0.1) is 0 Å². The van der Waals surface area contributed by atoms with Crippen molar-refractivity contribution in [1.29, 1.82) is 0 Å². The molecule has 1 aromatic rings. The second-order valence-electron chi connectivity index (χ2n) is 5.47. The van der Waals surface area contributed by atoms with Crippen LogP contribution >= 0.6 is 0 Å². The third-order valence-electron chi connectivity index (χ3n) is 4.00. The van der Waals surface area contributed by atoms with Crippen LogP contribution in [-0.4, -0.2) is 36.5 Å². The van der Waals surface area contributed by atoms with Gasteiger partial charge >= 0.3 is 5.97 Å². The van der Waals surface area contributed by atoms with Gasteiger partial charge in [0.2, 0.25) is 11.8 Å². The summed E-state index contributed by atoms with van der Waals surface area (Å²) in [6.45, 7) is 0.192. The van der Waals surface area contributed by atoms with E-state index in [1.165, 1.54) is 0 Å². The van der Waals surface area contributed by atoms with Crippen molar-refractivity contribution in [3.8, 4) is 5.75 Å². The summed E-state index contributed by atoms with van der Waals surface area (Å²) in [7, 11) is 1.58. The Balaban J connectivity index is 1.70. The summed E-state index contributed by atoms with van der Waals surface area (Å²) in [6.07, 6.45) is 1.06. The van der Waals surface area contributed by atoms with Gasteiger partial charge in [0.15, 0.2) is 0 Å². The highest BCUT2D eigenvalue weighted by atomic mass is 16.5. The maximum absolute atomic E-state index is 11.8. The Labute approximate surface area is 134 Å². The van der Waals surface area contributed by atoms with Crippen LogP contribution in [0.2, 0.25) is 0 Å². The van der Waals surface area contributed by atoms with Crippen LogP contribution in [0.15, 0.2) is 24.3 Å². The Hall–Kier alpha value is -2.57. The van der Waals surface area contributed by atoms with E-state index in [4.69, 9.17) is 9.84 Å². The smallest absolute Gasteiger partial charge is 0.307 e. The molecule has 2 unspecified atom stereocenters. The first-order valence-electron chi connectivity index (χ1n) is 7.41. The number of carboxylic acids is 1. The third kappa shape index (κ3) is 4.45. The SMILES string of the molecule is COc1ccc(CNC(=O)CNC(=O)C2CCC2C(=O)O)cc1. The van der Waals surface area contributed by atoms with E-state index in [1.54, 1.807) is 19.2 Å². The molecule has 0 aliphatic heterocycles. The number of rotatable bonds is 7. The molecule has 1 aromatic carbocycles. The summed E-state index contributed by atoms with van der Waals surface area (Å²) in [6, 6.07) is 7.27. The van der Waals surface area contributed by atoms with Gasteiger partial charge in [-0.1, -0.05) is 12.1 Å². The van der Waals surface area contributed by atoms with Crippen LogP contribution in [0.3, 0.4) is 0 Å². The summed E-state index contributed by atoms with van der Waals surface area (Å²) >= 11 is 0. The average molecular weight is 320 g/mol. The lowest BCUT2D eigenvalue weighted by Gasteiger charge is -2.31. The quantitative estimate of drug-likeness (QED) is 0.680. The molecular formula is C16H20N2O5. The number of benzene rings is 1. The van der Waals surface area contributed by atoms with Gasteiger partial charge in [0.25, 0.3) is 0 Å². The van der Waals surface area contributed by atoms with Crippen molar-refractivity contribution >= 4 is 17.8 Å². The van der Waals surface area contributed by atoms with Crippen molar-refractivity contribution in [3.05, 3.63) is 29.8 Å². The molecule has 0 saturated heterocycles. The molecule has 2 rings (SSSR count). The van der Waals surface area contributed by atoms with Gasteiger partial charge in [-0.25, -0.2) is 0 Å². The Morgan fingerprint density at radius 1 is 1.13 bits per heavy atom. The molecule has 1 aliphatic rings. The molecule has 1 fully saturated rings. The van der Waals surface area contributed by atoms with Crippen molar-refractivity contribution in [1.82, 2.24) is 10.6 Å². The molecule has 2 amide bonds. The second-order valence-corrected chi connectivity index (χ2v) is 5.47. The Kier molecular flexibility index (Phi) is 5.56. The summed E-state index contributed by atoms with van der Waals surface area (Å²) in [5, 5.41) is 14.1. The fourth-order valence-electron chi connectivity index (χ4n) is 2.41. The molecule has 1 aliphatic carbocycles. The number of hydrogen-bond donors (Lipinski definition) is 3. The molecule has 7 nitrogen and oxygen atoms in total. The van der Waals surface area contributed by atoms with E-state index in [9.17, 15) is 14.4 Å². The minimum absolute atomic E-state index is 0.155. The molecule has 7 heteroatoms. The van der Waals surface area contributed by atoms with Crippen LogP contribution in [0, 0.1) is 11.8 Å². The first kappa shape index (κ1) is 16.8. The lowest BCUT2D eigenvalue weighted by atomic mass is 9.73. The monoisotopic (exact) mass is 320 g/mol. The predicted molar refractivity (Wildman–Crippen MR) is 81.7 cm³/mol. The van der Waals surface area contributed by atoms with Gasteiger partial charge in [-0.3, -0.25) is 14.4 Å². The van der Waals surface area contributed by atoms with E-state index in [2.05, 4.69) is 10.6 Å². The Bertz CT molecular complexity index is 585. The normalized spacial score (nSPS) is 19.3. The van der Waals surface area contributed by atoms with E-state index < -0.39 is 17.8 Å². The number of carboxylic acid groups (broad SMARTS) is 1. The molecule has 0 spiro atoms. The zero-order chi connectivity index (χ0) is 16.8. The topological polar surface area (TPSA) is 105 Å². The maximum Gasteiger partial charge on any atom is 0.307 e. The Morgan fingerprint density at radius 3 is 2.30 bits per heavy atom. The van der Waals surface area contributed by atoms with Crippen molar-refractivity contribution < 1.29 is 24.2 Å². The van der Waals surface area contributed by atoms with E-state index in [1.807, 2.05) is 12.1 Å². The number of amides is 2. The summed E-state index contributed by atoms with van der Waals surface area (Å²) < 4.78 is 5.05. The molecule has 23 heavy (non-hydrogen) atoms. The number of aliphatic carboxylic acids is 1. The molecule has 1 saturated carbocycles. The lowest BCUT2D eigenvalue weighted by Crippen LogP contribution is -2.46. The van der Waals surface area contributed by atoms with Gasteiger partial charge in [0.1, 0.15) is 5.75 Å². The highest BCUT2D eigenvalue weighted by Gasteiger charge is 2.41. The number of ether oxygens (including phenoxy) is 1. The molecule has 3 N–H and O–H groups in total. The number of hydrogen-bond acceptors (Lipinski definition) is 4. The zero-order valence-electron chi connectivity index (χ0n) is 12.9. The van der Waals surface area contributed by atoms with Crippen LogP contribution in [0.5, 0.6) is 5.75 Å². The summed E-state index contributed by atoms with van der Waals surface area (Å²) in [5.74, 6) is -2.07. The third-order valence-corrected chi connectivity index (χ3v) is 4.00. The molecule has 0 heterocycles.